The van der Waals surface area contributed by atoms with Crippen molar-refractivity contribution in [2.24, 2.45) is 0 Å². The van der Waals surface area contributed by atoms with Crippen LogP contribution in [-0.4, -0.2) is 24.5 Å². The second-order valence-electron chi connectivity index (χ2n) is 23.4. The second kappa shape index (κ2) is 31.8. The van der Waals surface area contributed by atoms with Gasteiger partial charge in [0.1, 0.15) is 6.15 Å². The maximum absolute atomic E-state index is 14.2. The molecule has 6 aromatic carbocycles. The number of ether oxygens (including phenoxy) is 1. The molecule has 528 valence electrons. The predicted octanol–water partition coefficient (Wildman–Crippen LogP) is 20.6. The summed E-state index contributed by atoms with van der Waals surface area (Å²) in [5.41, 5.74) is -29.1. The van der Waals surface area contributed by atoms with Crippen LogP contribution in [0.1, 0.15) is 175 Å². The summed E-state index contributed by atoms with van der Waals surface area (Å²) in [5.74, 6) is -0.308. The van der Waals surface area contributed by atoms with E-state index in [4.69, 9.17) is 4.74 Å². The lowest BCUT2D eigenvalue weighted by atomic mass is 9.12. The van der Waals surface area contributed by atoms with Crippen LogP contribution in [0.5, 0.6) is 0 Å². The van der Waals surface area contributed by atoms with Crippen molar-refractivity contribution in [3.05, 3.63) is 195 Å². The third-order valence-corrected chi connectivity index (χ3v) is 16.2. The van der Waals surface area contributed by atoms with E-state index < -0.39 is 195 Å². The highest BCUT2D eigenvalue weighted by molar-refractivity contribution is 7.20. The fourth-order valence-corrected chi connectivity index (χ4v) is 11.3. The number of pyridine rings is 1. The van der Waals surface area contributed by atoms with E-state index in [1.165, 1.54) is 89.9 Å². The number of fused-ring (bicyclic) bond motifs is 1. The highest BCUT2D eigenvalue weighted by Crippen LogP contribution is 2.42. The number of halogens is 24. The number of hydrogen-bond donors (Lipinski definition) is 0. The Bertz CT molecular complexity index is 3330. The summed E-state index contributed by atoms with van der Waals surface area (Å²) in [7, 11) is 0. The van der Waals surface area contributed by atoms with Gasteiger partial charge in [-0.1, -0.05) is 182 Å². The maximum Gasteiger partial charge on any atom is 0.416 e. The van der Waals surface area contributed by atoms with Crippen LogP contribution >= 0.6 is 0 Å². The molecular weight excluding hydrogens is 1350 g/mol. The summed E-state index contributed by atoms with van der Waals surface area (Å²) in [6.07, 6.45) is -29.7. The van der Waals surface area contributed by atoms with Crippen LogP contribution in [0.2, 0.25) is 0 Å². The number of carbonyl (C=O) groups is 2. The van der Waals surface area contributed by atoms with E-state index in [0.717, 1.165) is 23.6 Å². The van der Waals surface area contributed by atoms with Crippen LogP contribution in [0.3, 0.4) is 0 Å². The highest BCUT2D eigenvalue weighted by Gasteiger charge is 2.47. The van der Waals surface area contributed by atoms with Gasteiger partial charge in [-0.15, -0.1) is 0 Å². The number of carbonyl (C=O) groups excluding carboxylic acids is 2. The topological polar surface area (TPSA) is 47.3 Å². The van der Waals surface area contributed by atoms with Crippen LogP contribution < -0.4 is 26.4 Å². The SMILES string of the molecule is CCCCCCCCCCCCCCCCCCOC(=O)c1ccc(C(=O)C[n+]2ccc3ccccc3c2)cc1.FC(F)(F)c1cc([B-](c2cc(C(F)(F)F)cc(C(F)(F)F)c2)(c2cc(C(F)(F)F)cc(C(F)(F)F)c2)c2cc(C(F)(F)F)cc(C(F)(F)F)c2)cc(C(F)(F)F)c1. The Morgan fingerprint density at radius 3 is 0.897 bits per heavy atom. The van der Waals surface area contributed by atoms with E-state index in [2.05, 4.69) is 13.0 Å². The number of hydrogen-bond acceptors (Lipinski definition) is 3. The molecule has 0 spiro atoms. The molecule has 0 atom stereocenters. The minimum Gasteiger partial charge on any atom is -0.462 e. The minimum absolute atomic E-state index is 0.00775. The third-order valence-electron chi connectivity index (χ3n) is 16.2. The van der Waals surface area contributed by atoms with Crippen molar-refractivity contribution in [2.45, 2.75) is 166 Å². The first-order valence-corrected chi connectivity index (χ1v) is 30.5. The van der Waals surface area contributed by atoms with Gasteiger partial charge in [0, 0.05) is 17.0 Å². The van der Waals surface area contributed by atoms with Gasteiger partial charge in [0.05, 0.1) is 56.7 Å². The Morgan fingerprint density at radius 2 is 0.608 bits per heavy atom. The molecule has 4 nitrogen and oxygen atoms in total. The monoisotopic (exact) mass is 1410 g/mol. The van der Waals surface area contributed by atoms with E-state index >= 15 is 0 Å². The highest BCUT2D eigenvalue weighted by atomic mass is 19.4. The Balaban J connectivity index is 0.000000326. The van der Waals surface area contributed by atoms with Gasteiger partial charge >= 0.3 is 55.4 Å². The molecule has 0 saturated heterocycles. The van der Waals surface area contributed by atoms with E-state index in [1.54, 1.807) is 24.3 Å². The number of unbranched alkanes of at least 4 members (excludes halogenated alkanes) is 15. The fraction of sp³-hybridized carbons (Fsp3) is 0.397. The zero-order valence-electron chi connectivity index (χ0n) is 51.3. The lowest BCUT2D eigenvalue weighted by Crippen LogP contribution is -2.75. The predicted molar refractivity (Wildman–Crippen MR) is 315 cm³/mol. The molecule has 1 aromatic heterocycles. The van der Waals surface area contributed by atoms with Gasteiger partial charge in [-0.05, 0) is 54.3 Å². The molecule has 7 aromatic rings. The molecule has 1 heterocycles. The van der Waals surface area contributed by atoms with Gasteiger partial charge in [0.15, 0.2) is 12.4 Å². The number of aromatic nitrogens is 1. The second-order valence-corrected chi connectivity index (χ2v) is 23.4. The summed E-state index contributed by atoms with van der Waals surface area (Å²) < 4.78 is 348. The van der Waals surface area contributed by atoms with Crippen LogP contribution in [0.15, 0.2) is 140 Å². The first-order chi connectivity index (χ1) is 44.9. The average Bonchev–Trinajstić information content (AvgIpc) is 0.708. The van der Waals surface area contributed by atoms with Gasteiger partial charge < -0.3 is 4.74 Å². The van der Waals surface area contributed by atoms with Gasteiger partial charge in [-0.25, -0.2) is 4.79 Å². The van der Waals surface area contributed by atoms with Crippen LogP contribution in [-0.2, 0) is 60.7 Å². The molecule has 0 radical (unpaired) electrons. The van der Waals surface area contributed by atoms with E-state index in [-0.39, 0.29) is 18.3 Å². The Morgan fingerprint density at radius 1 is 0.340 bits per heavy atom. The molecular formula is C68H62BF24NO3. The van der Waals surface area contributed by atoms with Crippen molar-refractivity contribution in [3.63, 3.8) is 0 Å². The van der Waals surface area contributed by atoms with Crippen molar-refractivity contribution >= 4 is 50.5 Å². The lowest BCUT2D eigenvalue weighted by molar-refractivity contribution is -0.681. The molecule has 0 amide bonds. The first kappa shape index (κ1) is 78.3. The molecule has 0 aliphatic heterocycles. The molecule has 0 saturated carbocycles. The minimum atomic E-state index is -6.13. The van der Waals surface area contributed by atoms with Crippen LogP contribution in [0, 0.1) is 0 Å². The van der Waals surface area contributed by atoms with Crippen LogP contribution in [0.25, 0.3) is 10.8 Å². The number of esters is 1. The lowest BCUT2D eigenvalue weighted by Gasteiger charge is -2.46. The normalized spacial score (nSPS) is 13.0. The van der Waals surface area contributed by atoms with E-state index in [9.17, 15) is 115 Å². The molecule has 0 N–H and O–H groups in total. The first-order valence-electron chi connectivity index (χ1n) is 30.5. The van der Waals surface area contributed by atoms with Crippen molar-refractivity contribution in [1.29, 1.82) is 0 Å². The van der Waals surface area contributed by atoms with Crippen LogP contribution in [0.4, 0.5) is 105 Å². The maximum atomic E-state index is 14.2. The molecule has 97 heavy (non-hydrogen) atoms. The number of ketones is 1. The van der Waals surface area contributed by atoms with Crippen molar-refractivity contribution in [1.82, 2.24) is 0 Å². The summed E-state index contributed by atoms with van der Waals surface area (Å²) >= 11 is 0. The molecule has 7 rings (SSSR count). The van der Waals surface area contributed by atoms with Gasteiger partial charge in [-0.3, -0.25) is 4.79 Å². The van der Waals surface area contributed by atoms with Gasteiger partial charge in [0.2, 0.25) is 12.3 Å². The third kappa shape index (κ3) is 21.9. The van der Waals surface area contributed by atoms with Gasteiger partial charge in [0.25, 0.3) is 0 Å². The number of benzene rings is 6. The fourth-order valence-electron chi connectivity index (χ4n) is 11.3. The van der Waals surface area contributed by atoms with Crippen molar-refractivity contribution in [2.75, 3.05) is 6.61 Å². The molecule has 0 bridgehead atoms. The van der Waals surface area contributed by atoms with E-state index in [0.29, 0.717) is 17.7 Å². The van der Waals surface area contributed by atoms with Crippen molar-refractivity contribution in [3.8, 4) is 0 Å². The standard InChI is InChI=1S/C36H50NO3.C32H12BF24/c1-2-3-4-5-6-7-8-9-10-11-12-13-14-15-16-19-28-40-36(39)33-24-22-32(23-25-33)35(38)30-37-27-26-31-20-17-18-21-34(31)29-37;34-25(35,36)13-1-14(26(37,38)39)6-21(5-13)33(22-7-15(27(40,41)42)2-16(8-22)28(43,44)45,23-9-17(29(46,47)48)3-18(10-23)30(49,50)51)24-11-19(31(52,53)54)4-20(12-24)32(55,56)57/h17-18,20-27,29H,2-16,19,28,30H2,1H3;1-12H/q+1;-1. The quantitative estimate of drug-likeness (QED) is 0.0143. The Kier molecular flexibility index (Phi) is 25.7. The smallest absolute Gasteiger partial charge is 0.416 e. The van der Waals surface area contributed by atoms with Gasteiger partial charge in [-0.2, -0.15) is 132 Å². The summed E-state index contributed by atoms with van der Waals surface area (Å²) in [4.78, 5) is 25.1. The largest absolute Gasteiger partial charge is 0.462 e. The Labute approximate surface area is 540 Å². The number of rotatable bonds is 25. The molecule has 0 unspecified atom stereocenters. The summed E-state index contributed by atoms with van der Waals surface area (Å²) in [5, 5.41) is 2.24. The molecule has 0 aliphatic rings. The number of nitrogens with zero attached hydrogens (tertiary/aromatic N) is 1. The summed E-state index contributed by atoms with van der Waals surface area (Å²) in [6, 6.07) is 8.11. The number of Topliss-reactive ketones (excluding diaryl/α,β-unsaturated/α-hetero) is 1. The number of alkyl halides is 24. The van der Waals surface area contributed by atoms with Crippen molar-refractivity contribution < 1.29 is 124 Å². The Hall–Kier alpha value is -7.75. The molecule has 29 heteroatoms. The van der Waals surface area contributed by atoms with E-state index in [1.807, 2.05) is 41.2 Å². The zero-order valence-corrected chi connectivity index (χ0v) is 51.3. The average molecular weight is 1410 g/mol. The summed E-state index contributed by atoms with van der Waals surface area (Å²) in [6.45, 7) is 2.99. The zero-order chi connectivity index (χ0) is 72.2. The molecule has 0 aliphatic carbocycles. The molecule has 0 fully saturated rings.